The second-order valence-electron chi connectivity index (χ2n) is 4.73. The van der Waals surface area contributed by atoms with Crippen molar-refractivity contribution in [3.05, 3.63) is 0 Å². The molecule has 2 amide bonds. The third-order valence-corrected chi connectivity index (χ3v) is 3.50. The Hall–Kier alpha value is -1.20. The molecule has 2 fully saturated rings. The maximum absolute atomic E-state index is 12.4. The van der Waals surface area contributed by atoms with Gasteiger partial charge in [0.1, 0.15) is 5.54 Å². The molecule has 0 aromatic rings. The van der Waals surface area contributed by atoms with Gasteiger partial charge < -0.3 is 10.2 Å². The molecule has 0 atom stereocenters. The molecule has 0 unspecified atom stereocenters. The third-order valence-electron chi connectivity index (χ3n) is 3.50. The van der Waals surface area contributed by atoms with Gasteiger partial charge in [-0.15, -0.1) is 0 Å². The van der Waals surface area contributed by atoms with E-state index in [9.17, 15) is 18.4 Å². The molecule has 1 saturated heterocycles. The fourth-order valence-electron chi connectivity index (χ4n) is 2.68. The molecule has 2 rings (SSSR count). The van der Waals surface area contributed by atoms with Crippen molar-refractivity contribution in [3.63, 3.8) is 0 Å². The van der Waals surface area contributed by atoms with Crippen LogP contribution in [0.25, 0.3) is 0 Å². The highest BCUT2D eigenvalue weighted by molar-refractivity contribution is 5.93. The quantitative estimate of drug-likeness (QED) is 0.787. The topological polar surface area (TPSA) is 49.4 Å². The normalized spacial score (nSPS) is 24.3. The Bertz CT molecular complexity index is 327. The van der Waals surface area contributed by atoms with Crippen LogP contribution >= 0.6 is 0 Å². The highest BCUT2D eigenvalue weighted by Gasteiger charge is 2.46. The molecule has 4 nitrogen and oxygen atoms in total. The molecule has 1 N–H and O–H groups in total. The average molecular weight is 246 g/mol. The van der Waals surface area contributed by atoms with Crippen LogP contribution in [-0.4, -0.2) is 41.8 Å². The largest absolute Gasteiger partial charge is 0.342 e. The van der Waals surface area contributed by atoms with E-state index in [1.54, 1.807) is 0 Å². The number of hydrogen-bond acceptors (Lipinski definition) is 2. The summed E-state index contributed by atoms with van der Waals surface area (Å²) >= 11 is 0. The molecule has 1 saturated carbocycles. The Labute approximate surface area is 98.3 Å². The van der Waals surface area contributed by atoms with E-state index in [1.807, 2.05) is 0 Å². The molecular formula is C11H16F2N2O2. The minimum absolute atomic E-state index is 0.0940. The lowest BCUT2D eigenvalue weighted by atomic mass is 9.96. The van der Waals surface area contributed by atoms with E-state index < -0.39 is 18.5 Å². The minimum Gasteiger partial charge on any atom is -0.342 e. The van der Waals surface area contributed by atoms with Gasteiger partial charge in [-0.25, -0.2) is 8.78 Å². The summed E-state index contributed by atoms with van der Waals surface area (Å²) in [5.74, 6) is -0.543. The summed E-state index contributed by atoms with van der Waals surface area (Å²) in [7, 11) is 0. The highest BCUT2D eigenvalue weighted by atomic mass is 19.3. The summed E-state index contributed by atoms with van der Waals surface area (Å²) < 4.78 is 24.8. The van der Waals surface area contributed by atoms with Crippen molar-refractivity contribution in [2.75, 3.05) is 13.1 Å². The van der Waals surface area contributed by atoms with Crippen LogP contribution in [0.5, 0.6) is 0 Å². The number of rotatable bonds is 2. The molecule has 17 heavy (non-hydrogen) atoms. The number of nitrogens with one attached hydrogen (secondary N) is 1. The number of alkyl halides is 2. The fourth-order valence-corrected chi connectivity index (χ4v) is 2.68. The fraction of sp³-hybridized carbons (Fsp3) is 0.818. The summed E-state index contributed by atoms with van der Waals surface area (Å²) in [5.41, 5.74) is -0.900. The van der Waals surface area contributed by atoms with E-state index >= 15 is 0 Å². The van der Waals surface area contributed by atoms with Gasteiger partial charge in [-0.3, -0.25) is 9.59 Å². The highest BCUT2D eigenvalue weighted by Crippen LogP contribution is 2.33. The van der Waals surface area contributed by atoms with Crippen LogP contribution in [0, 0.1) is 0 Å². The minimum atomic E-state index is -2.55. The molecule has 2 aliphatic rings. The van der Waals surface area contributed by atoms with Gasteiger partial charge in [0.05, 0.1) is 6.54 Å². The van der Waals surface area contributed by atoms with Crippen LogP contribution in [-0.2, 0) is 9.59 Å². The van der Waals surface area contributed by atoms with Crippen LogP contribution in [0.2, 0.25) is 0 Å². The van der Waals surface area contributed by atoms with Crippen molar-refractivity contribution < 1.29 is 18.4 Å². The lowest BCUT2D eigenvalue weighted by Gasteiger charge is -2.31. The van der Waals surface area contributed by atoms with Gasteiger partial charge in [-0.2, -0.15) is 0 Å². The Morgan fingerprint density at radius 3 is 2.53 bits per heavy atom. The molecule has 0 radical (unpaired) electrons. The van der Waals surface area contributed by atoms with E-state index in [0.29, 0.717) is 12.8 Å². The first-order chi connectivity index (χ1) is 8.03. The second-order valence-corrected chi connectivity index (χ2v) is 4.73. The monoisotopic (exact) mass is 246 g/mol. The average Bonchev–Trinajstić information content (AvgIpc) is 2.68. The van der Waals surface area contributed by atoms with Gasteiger partial charge in [0.15, 0.2) is 0 Å². The Kier molecular flexibility index (Phi) is 3.31. The van der Waals surface area contributed by atoms with Gasteiger partial charge >= 0.3 is 0 Å². The predicted molar refractivity (Wildman–Crippen MR) is 56.5 cm³/mol. The number of carbonyl (C=O) groups is 2. The standard InChI is InChI=1S/C11H16F2N2O2/c12-8(13)7-15-6-3-9(16)14-11(10(15)17)4-1-2-5-11/h8H,1-7H2,(H,14,16). The Morgan fingerprint density at radius 2 is 1.94 bits per heavy atom. The number of nitrogens with zero attached hydrogens (tertiary/aromatic N) is 1. The molecule has 1 aliphatic carbocycles. The van der Waals surface area contributed by atoms with E-state index in [0.717, 1.165) is 17.7 Å². The smallest absolute Gasteiger partial charge is 0.255 e. The van der Waals surface area contributed by atoms with Crippen LogP contribution < -0.4 is 5.32 Å². The van der Waals surface area contributed by atoms with E-state index in [-0.39, 0.29) is 24.8 Å². The van der Waals surface area contributed by atoms with Gasteiger partial charge in [-0.05, 0) is 12.8 Å². The zero-order valence-electron chi connectivity index (χ0n) is 9.55. The Balaban J connectivity index is 2.19. The first-order valence-electron chi connectivity index (χ1n) is 5.92. The molecule has 1 aliphatic heterocycles. The van der Waals surface area contributed by atoms with Gasteiger partial charge in [0, 0.05) is 13.0 Å². The molecule has 1 spiro atoms. The molecular weight excluding hydrogens is 230 g/mol. The number of hydrogen-bond donors (Lipinski definition) is 1. The van der Waals surface area contributed by atoms with E-state index in [1.165, 1.54) is 0 Å². The van der Waals surface area contributed by atoms with Crippen molar-refractivity contribution >= 4 is 11.8 Å². The van der Waals surface area contributed by atoms with E-state index in [2.05, 4.69) is 5.32 Å². The SMILES string of the molecule is O=C1CCN(CC(F)F)C(=O)C2(CCCC2)N1. The van der Waals surface area contributed by atoms with Crippen molar-refractivity contribution in [3.8, 4) is 0 Å². The molecule has 96 valence electrons. The van der Waals surface area contributed by atoms with Crippen molar-refractivity contribution in [1.29, 1.82) is 0 Å². The maximum Gasteiger partial charge on any atom is 0.255 e. The van der Waals surface area contributed by atoms with Crippen molar-refractivity contribution in [2.45, 2.75) is 44.1 Å². The first-order valence-corrected chi connectivity index (χ1v) is 5.92. The zero-order chi connectivity index (χ0) is 12.5. The number of halogens is 2. The zero-order valence-corrected chi connectivity index (χ0v) is 9.55. The summed E-state index contributed by atoms with van der Waals surface area (Å²) in [6, 6.07) is 0. The molecule has 0 aromatic heterocycles. The lowest BCUT2D eigenvalue weighted by Crippen LogP contribution is -2.55. The van der Waals surface area contributed by atoms with Gasteiger partial charge in [0.25, 0.3) is 6.43 Å². The number of carbonyl (C=O) groups excluding carboxylic acids is 2. The van der Waals surface area contributed by atoms with Crippen molar-refractivity contribution in [2.24, 2.45) is 0 Å². The number of amides is 2. The summed E-state index contributed by atoms with van der Waals surface area (Å²) in [4.78, 5) is 24.9. The lowest BCUT2D eigenvalue weighted by molar-refractivity contribution is -0.140. The van der Waals surface area contributed by atoms with Crippen LogP contribution in [0.3, 0.4) is 0 Å². The van der Waals surface area contributed by atoms with Crippen molar-refractivity contribution in [1.82, 2.24) is 10.2 Å². The van der Waals surface area contributed by atoms with Crippen LogP contribution in [0.15, 0.2) is 0 Å². The summed E-state index contributed by atoms with van der Waals surface area (Å²) in [5, 5.41) is 2.73. The van der Waals surface area contributed by atoms with Crippen LogP contribution in [0.1, 0.15) is 32.1 Å². The summed E-state index contributed by atoms with van der Waals surface area (Å²) in [6.45, 7) is -0.480. The molecule has 0 bridgehead atoms. The summed E-state index contributed by atoms with van der Waals surface area (Å²) in [6.07, 6.45) is 0.406. The first kappa shape index (κ1) is 12.3. The van der Waals surface area contributed by atoms with E-state index in [4.69, 9.17) is 0 Å². The van der Waals surface area contributed by atoms with Gasteiger partial charge in [-0.1, -0.05) is 12.8 Å². The predicted octanol–water partition coefficient (Wildman–Crippen LogP) is 0.913. The third kappa shape index (κ3) is 2.40. The van der Waals surface area contributed by atoms with Crippen LogP contribution in [0.4, 0.5) is 8.78 Å². The molecule has 0 aromatic carbocycles. The second kappa shape index (κ2) is 4.58. The van der Waals surface area contributed by atoms with Gasteiger partial charge in [0.2, 0.25) is 11.8 Å². The molecule has 6 heteroatoms. The molecule has 1 heterocycles. The Morgan fingerprint density at radius 1 is 1.29 bits per heavy atom. The maximum atomic E-state index is 12.4.